The monoisotopic (exact) mass is 222 g/mol. The molecule has 3 heteroatoms. The van der Waals surface area contributed by atoms with Crippen LogP contribution in [-0.4, -0.2) is 12.3 Å². The Labute approximate surface area is 86.9 Å². The van der Waals surface area contributed by atoms with Crippen molar-refractivity contribution in [2.75, 3.05) is 12.3 Å². The first-order chi connectivity index (χ1) is 6.18. The number of hydrogen-bond acceptors (Lipinski definition) is 1. The van der Waals surface area contributed by atoms with Crippen LogP contribution in [0.25, 0.3) is 0 Å². The Morgan fingerprint density at radius 1 is 1.15 bits per heavy atom. The third kappa shape index (κ3) is 6.35. The second kappa shape index (κ2) is 7.64. The largest absolute Gasteiger partial charge is 0.319 e. The van der Waals surface area contributed by atoms with E-state index in [0.29, 0.717) is 0 Å². The predicted octanol–water partition coefficient (Wildman–Crippen LogP) is 4.66. The summed E-state index contributed by atoms with van der Waals surface area (Å²) in [7, 11) is -2.06. The molecule has 78 valence electrons. The van der Waals surface area contributed by atoms with Gasteiger partial charge in [-0.3, -0.25) is 0 Å². The number of rotatable bonds is 7. The van der Waals surface area contributed by atoms with E-state index in [2.05, 4.69) is 13.8 Å². The molecule has 0 aromatic rings. The maximum atomic E-state index is 12.2. The van der Waals surface area contributed by atoms with Crippen molar-refractivity contribution >= 4 is 18.7 Å². The molecule has 1 nitrogen and oxygen atoms in total. The summed E-state index contributed by atoms with van der Waals surface area (Å²) in [6.45, 7) is 4.24. The van der Waals surface area contributed by atoms with E-state index in [-0.39, 0.29) is 0 Å². The van der Waals surface area contributed by atoms with Crippen LogP contribution in [0.3, 0.4) is 0 Å². The number of halogens is 1. The van der Waals surface area contributed by atoms with E-state index in [4.69, 9.17) is 11.6 Å². The molecule has 0 spiro atoms. The van der Waals surface area contributed by atoms with E-state index in [0.717, 1.165) is 38.0 Å². The molecule has 0 heterocycles. The summed E-state index contributed by atoms with van der Waals surface area (Å²) < 4.78 is 12.2. The summed E-state index contributed by atoms with van der Waals surface area (Å²) in [5, 5.41) is 0. The van der Waals surface area contributed by atoms with Crippen molar-refractivity contribution in [2.24, 2.45) is 0 Å². The van der Waals surface area contributed by atoms with Crippen LogP contribution in [-0.2, 0) is 4.57 Å². The van der Waals surface area contributed by atoms with Gasteiger partial charge in [0, 0.05) is 17.9 Å². The van der Waals surface area contributed by atoms with Gasteiger partial charge in [-0.1, -0.05) is 38.3 Å². The SMILES string of the molecule is CCCCP(=O)(/C=C\Cl)CCCC. The minimum Gasteiger partial charge on any atom is -0.319 e. The Morgan fingerprint density at radius 3 is 1.92 bits per heavy atom. The molecule has 0 unspecified atom stereocenters. The Hall–Kier alpha value is 0.260. The average Bonchev–Trinajstić information content (AvgIpc) is 2.12. The molecule has 0 saturated carbocycles. The fourth-order valence-electron chi connectivity index (χ4n) is 1.22. The zero-order valence-corrected chi connectivity index (χ0v) is 10.3. The molecule has 0 radical (unpaired) electrons. The second-order valence-corrected chi connectivity index (χ2v) is 6.73. The minimum absolute atomic E-state index is 0.826. The Morgan fingerprint density at radius 2 is 1.62 bits per heavy atom. The summed E-state index contributed by atoms with van der Waals surface area (Å²) in [5.41, 5.74) is 1.42. The molecular weight excluding hydrogens is 203 g/mol. The van der Waals surface area contributed by atoms with Crippen LogP contribution >= 0.6 is 18.7 Å². The van der Waals surface area contributed by atoms with Gasteiger partial charge >= 0.3 is 0 Å². The van der Waals surface area contributed by atoms with E-state index in [1.807, 2.05) is 0 Å². The minimum atomic E-state index is -2.06. The van der Waals surface area contributed by atoms with Crippen LogP contribution in [0.2, 0.25) is 0 Å². The van der Waals surface area contributed by atoms with Crippen LogP contribution < -0.4 is 0 Å². The first-order valence-corrected chi connectivity index (χ1v) is 7.62. The molecule has 0 amide bonds. The summed E-state index contributed by atoms with van der Waals surface area (Å²) in [5.74, 6) is 1.72. The summed E-state index contributed by atoms with van der Waals surface area (Å²) >= 11 is 5.49. The molecule has 0 aliphatic rings. The average molecular weight is 223 g/mol. The van der Waals surface area contributed by atoms with Gasteiger partial charge in [-0.2, -0.15) is 0 Å². The van der Waals surface area contributed by atoms with Gasteiger partial charge in [0.25, 0.3) is 0 Å². The highest BCUT2D eigenvalue weighted by molar-refractivity contribution is 7.67. The van der Waals surface area contributed by atoms with Gasteiger partial charge < -0.3 is 4.57 Å². The summed E-state index contributed by atoms with van der Waals surface area (Å²) in [6.07, 6.45) is 5.95. The van der Waals surface area contributed by atoms with E-state index in [1.165, 1.54) is 5.54 Å². The zero-order chi connectivity index (χ0) is 10.2. The topological polar surface area (TPSA) is 17.1 Å². The quantitative estimate of drug-likeness (QED) is 0.573. The lowest BCUT2D eigenvalue weighted by Crippen LogP contribution is -1.92. The first kappa shape index (κ1) is 13.3. The molecule has 0 fully saturated rings. The Bertz CT molecular complexity index is 177. The van der Waals surface area contributed by atoms with Gasteiger partial charge in [0.1, 0.15) is 7.14 Å². The van der Waals surface area contributed by atoms with Crippen molar-refractivity contribution in [3.05, 3.63) is 11.4 Å². The van der Waals surface area contributed by atoms with E-state index in [1.54, 1.807) is 5.82 Å². The molecule has 0 aromatic heterocycles. The van der Waals surface area contributed by atoms with Crippen molar-refractivity contribution in [1.82, 2.24) is 0 Å². The van der Waals surface area contributed by atoms with E-state index < -0.39 is 7.14 Å². The Balaban J connectivity index is 4.08. The molecule has 0 atom stereocenters. The molecule has 0 saturated heterocycles. The van der Waals surface area contributed by atoms with E-state index >= 15 is 0 Å². The maximum absolute atomic E-state index is 12.2. The van der Waals surface area contributed by atoms with Crippen LogP contribution in [0.4, 0.5) is 0 Å². The highest BCUT2D eigenvalue weighted by atomic mass is 35.5. The fraction of sp³-hybridized carbons (Fsp3) is 0.800. The van der Waals surface area contributed by atoms with Crippen molar-refractivity contribution in [1.29, 1.82) is 0 Å². The normalized spacial score (nSPS) is 12.5. The van der Waals surface area contributed by atoms with Gasteiger partial charge in [-0.25, -0.2) is 0 Å². The van der Waals surface area contributed by atoms with Crippen LogP contribution in [0.1, 0.15) is 39.5 Å². The maximum Gasteiger partial charge on any atom is 0.109 e. The molecular formula is C10H20ClOP. The lowest BCUT2D eigenvalue weighted by Gasteiger charge is -2.12. The highest BCUT2D eigenvalue weighted by Gasteiger charge is 2.16. The van der Waals surface area contributed by atoms with Crippen LogP contribution in [0.15, 0.2) is 11.4 Å². The molecule has 0 aliphatic carbocycles. The van der Waals surface area contributed by atoms with Crippen molar-refractivity contribution in [3.8, 4) is 0 Å². The molecule has 13 heavy (non-hydrogen) atoms. The molecule has 0 bridgehead atoms. The predicted molar refractivity (Wildman–Crippen MR) is 62.1 cm³/mol. The van der Waals surface area contributed by atoms with Crippen LogP contribution in [0.5, 0.6) is 0 Å². The third-order valence-electron chi connectivity index (χ3n) is 2.11. The lowest BCUT2D eigenvalue weighted by atomic mass is 10.4. The first-order valence-electron chi connectivity index (χ1n) is 5.04. The highest BCUT2D eigenvalue weighted by Crippen LogP contribution is 2.49. The van der Waals surface area contributed by atoms with Crippen molar-refractivity contribution in [3.63, 3.8) is 0 Å². The van der Waals surface area contributed by atoms with E-state index in [9.17, 15) is 4.57 Å². The molecule has 0 aliphatic heterocycles. The van der Waals surface area contributed by atoms with Crippen molar-refractivity contribution in [2.45, 2.75) is 39.5 Å². The lowest BCUT2D eigenvalue weighted by molar-refractivity contribution is 0.576. The number of hydrogen-bond donors (Lipinski definition) is 0. The summed E-state index contributed by atoms with van der Waals surface area (Å²) in [6, 6.07) is 0. The zero-order valence-electron chi connectivity index (χ0n) is 8.63. The second-order valence-electron chi connectivity index (χ2n) is 3.38. The molecule has 0 aromatic carbocycles. The molecule has 0 N–H and O–H groups in total. The van der Waals surface area contributed by atoms with Crippen LogP contribution in [0, 0.1) is 0 Å². The van der Waals surface area contributed by atoms with Crippen molar-refractivity contribution < 1.29 is 4.57 Å². The summed E-state index contributed by atoms with van der Waals surface area (Å²) in [4.78, 5) is 0. The van der Waals surface area contributed by atoms with Gasteiger partial charge in [-0.05, 0) is 18.7 Å². The standard InChI is InChI=1S/C10H20ClOP/c1-3-5-8-13(12,10-7-11)9-6-4-2/h7,10H,3-6,8-9H2,1-2H3/b10-7-. The van der Waals surface area contributed by atoms with Gasteiger partial charge in [-0.15, -0.1) is 0 Å². The third-order valence-corrected chi connectivity index (χ3v) is 5.25. The smallest absolute Gasteiger partial charge is 0.109 e. The Kier molecular flexibility index (Phi) is 7.80. The molecule has 0 rings (SSSR count). The van der Waals surface area contributed by atoms with Gasteiger partial charge in [0.05, 0.1) is 0 Å². The number of unbranched alkanes of at least 4 members (excludes halogenated alkanes) is 2. The van der Waals surface area contributed by atoms with Gasteiger partial charge in [0.15, 0.2) is 0 Å². The fourth-order valence-corrected chi connectivity index (χ4v) is 4.26. The van der Waals surface area contributed by atoms with Gasteiger partial charge in [0.2, 0.25) is 0 Å².